The maximum Gasteiger partial charge on any atom is 0.318 e. The van der Waals surface area contributed by atoms with Crippen LogP contribution in [-0.4, -0.2) is 47.9 Å². The van der Waals surface area contributed by atoms with Crippen molar-refractivity contribution in [2.45, 2.75) is 32.4 Å². The monoisotopic (exact) mass is 310 g/mol. The van der Waals surface area contributed by atoms with Crippen LogP contribution < -0.4 is 10.1 Å². The quantitative estimate of drug-likeness (QED) is 0.874. The molecule has 1 aromatic carbocycles. The van der Waals surface area contributed by atoms with E-state index in [0.717, 1.165) is 6.42 Å². The summed E-state index contributed by atoms with van der Waals surface area (Å²) in [4.78, 5) is 13.9. The molecule has 1 heterocycles. The molecule has 5 nitrogen and oxygen atoms in total. The molecule has 0 aromatic heterocycles. The van der Waals surface area contributed by atoms with Gasteiger partial charge in [0.15, 0.2) is 0 Å². The van der Waals surface area contributed by atoms with E-state index in [-0.39, 0.29) is 30.5 Å². The third-order valence-electron chi connectivity index (χ3n) is 4.01. The number of hydrogen-bond acceptors (Lipinski definition) is 3. The molecule has 3 atom stereocenters. The summed E-state index contributed by atoms with van der Waals surface area (Å²) in [5.74, 6) is 0.555. The van der Waals surface area contributed by atoms with Crippen LogP contribution in [0.25, 0.3) is 0 Å². The van der Waals surface area contributed by atoms with Gasteiger partial charge in [0.1, 0.15) is 18.2 Å². The summed E-state index contributed by atoms with van der Waals surface area (Å²) in [7, 11) is 0. The molecular formula is C16H23FN2O3. The first-order valence-electron chi connectivity index (χ1n) is 7.57. The predicted molar refractivity (Wildman–Crippen MR) is 81.2 cm³/mol. The Hall–Kier alpha value is -1.82. The summed E-state index contributed by atoms with van der Waals surface area (Å²) in [6, 6.07) is 5.27. The first-order valence-corrected chi connectivity index (χ1v) is 7.57. The molecule has 0 radical (unpaired) electrons. The maximum atomic E-state index is 12.8. The molecule has 0 spiro atoms. The van der Waals surface area contributed by atoms with Crippen molar-refractivity contribution >= 4 is 6.03 Å². The number of carbonyl (C=O) groups excluding carboxylic acids is 1. The zero-order valence-corrected chi connectivity index (χ0v) is 13.0. The Morgan fingerprint density at radius 2 is 2.18 bits per heavy atom. The zero-order valence-electron chi connectivity index (χ0n) is 13.0. The lowest BCUT2D eigenvalue weighted by molar-refractivity contribution is 0.139. The summed E-state index contributed by atoms with van der Waals surface area (Å²) in [5, 5.41) is 12.3. The van der Waals surface area contributed by atoms with Crippen LogP contribution >= 0.6 is 0 Å². The topological polar surface area (TPSA) is 61.8 Å². The molecule has 122 valence electrons. The van der Waals surface area contributed by atoms with E-state index in [9.17, 15) is 14.3 Å². The summed E-state index contributed by atoms with van der Waals surface area (Å²) < 4.78 is 18.3. The van der Waals surface area contributed by atoms with Crippen molar-refractivity contribution in [1.29, 1.82) is 0 Å². The van der Waals surface area contributed by atoms with Crippen LogP contribution in [0.4, 0.5) is 9.18 Å². The minimum Gasteiger partial charge on any atom is -0.491 e. The first kappa shape index (κ1) is 16.5. The van der Waals surface area contributed by atoms with Crippen LogP contribution in [0.1, 0.15) is 20.3 Å². The Labute approximate surface area is 130 Å². The van der Waals surface area contributed by atoms with E-state index in [0.29, 0.717) is 24.8 Å². The molecule has 1 aliphatic heterocycles. The van der Waals surface area contributed by atoms with Gasteiger partial charge in [0.2, 0.25) is 0 Å². The van der Waals surface area contributed by atoms with E-state index < -0.39 is 0 Å². The van der Waals surface area contributed by atoms with Gasteiger partial charge in [-0.15, -0.1) is 0 Å². The van der Waals surface area contributed by atoms with Gasteiger partial charge in [0, 0.05) is 6.54 Å². The smallest absolute Gasteiger partial charge is 0.318 e. The molecule has 2 N–H and O–H groups in total. The molecule has 22 heavy (non-hydrogen) atoms. The van der Waals surface area contributed by atoms with Crippen molar-refractivity contribution < 1.29 is 19.0 Å². The number of carbonyl (C=O) groups is 1. The average Bonchev–Trinajstić information content (AvgIpc) is 2.87. The molecule has 0 aliphatic carbocycles. The number of amides is 2. The molecule has 1 aromatic rings. The fraction of sp³-hybridized carbons (Fsp3) is 0.562. The molecule has 1 aliphatic rings. The van der Waals surface area contributed by atoms with Crippen LogP contribution in [0.15, 0.2) is 24.3 Å². The molecule has 6 heteroatoms. The second kappa shape index (κ2) is 7.45. The lowest BCUT2D eigenvalue weighted by atomic mass is 10.0. The van der Waals surface area contributed by atoms with E-state index in [1.807, 2.05) is 13.8 Å². The van der Waals surface area contributed by atoms with Crippen molar-refractivity contribution in [3.63, 3.8) is 0 Å². The molecule has 0 unspecified atom stereocenters. The van der Waals surface area contributed by atoms with Crippen LogP contribution in [0, 0.1) is 11.7 Å². The number of aliphatic hydroxyl groups excluding tert-OH is 1. The van der Waals surface area contributed by atoms with Gasteiger partial charge in [0.05, 0.1) is 18.7 Å². The third kappa shape index (κ3) is 4.10. The van der Waals surface area contributed by atoms with Gasteiger partial charge in [-0.2, -0.15) is 0 Å². The van der Waals surface area contributed by atoms with Gasteiger partial charge in [-0.05, 0) is 43.5 Å². The number of ether oxygens (including phenoxy) is 1. The van der Waals surface area contributed by atoms with E-state index in [4.69, 9.17) is 4.74 Å². The Bertz CT molecular complexity index is 495. The zero-order chi connectivity index (χ0) is 16.1. The van der Waals surface area contributed by atoms with E-state index >= 15 is 0 Å². The second-order valence-electron chi connectivity index (χ2n) is 5.82. The predicted octanol–water partition coefficient (Wildman–Crippen LogP) is 2.01. The summed E-state index contributed by atoms with van der Waals surface area (Å²) in [6.45, 7) is 4.81. The van der Waals surface area contributed by atoms with E-state index in [2.05, 4.69) is 5.32 Å². The number of nitrogens with one attached hydrogen (secondary N) is 1. The fourth-order valence-corrected chi connectivity index (χ4v) is 2.63. The molecule has 0 bridgehead atoms. The van der Waals surface area contributed by atoms with Crippen LogP contribution in [0.5, 0.6) is 5.75 Å². The van der Waals surface area contributed by atoms with Crippen molar-refractivity contribution in [1.82, 2.24) is 10.2 Å². The Balaban J connectivity index is 1.80. The number of hydrogen-bond donors (Lipinski definition) is 2. The van der Waals surface area contributed by atoms with Gasteiger partial charge in [-0.25, -0.2) is 9.18 Å². The largest absolute Gasteiger partial charge is 0.491 e. The highest BCUT2D eigenvalue weighted by molar-refractivity contribution is 5.75. The number of halogens is 1. The summed E-state index contributed by atoms with van der Waals surface area (Å²) in [6.07, 6.45) is 0.902. The molecule has 1 saturated heterocycles. The first-order chi connectivity index (χ1) is 10.5. The highest BCUT2D eigenvalue weighted by Gasteiger charge is 2.34. The third-order valence-corrected chi connectivity index (χ3v) is 4.01. The number of likely N-dealkylation sites (tertiary alicyclic amines) is 1. The van der Waals surface area contributed by atoms with Crippen molar-refractivity contribution in [2.75, 3.05) is 19.8 Å². The second-order valence-corrected chi connectivity index (χ2v) is 5.82. The summed E-state index contributed by atoms with van der Waals surface area (Å²) in [5.41, 5.74) is 0. The van der Waals surface area contributed by atoms with E-state index in [1.54, 1.807) is 17.0 Å². The van der Waals surface area contributed by atoms with Crippen LogP contribution in [0.3, 0.4) is 0 Å². The van der Waals surface area contributed by atoms with Gasteiger partial charge < -0.3 is 20.1 Å². The summed E-state index contributed by atoms with van der Waals surface area (Å²) >= 11 is 0. The maximum absolute atomic E-state index is 12.8. The van der Waals surface area contributed by atoms with Crippen molar-refractivity contribution in [2.24, 2.45) is 5.92 Å². The molecular weight excluding hydrogens is 287 g/mol. The Kier molecular flexibility index (Phi) is 5.60. The minimum absolute atomic E-state index is 0.0188. The number of benzene rings is 1. The number of nitrogens with zero attached hydrogens (tertiary/aromatic N) is 1. The van der Waals surface area contributed by atoms with Gasteiger partial charge in [0.25, 0.3) is 0 Å². The Morgan fingerprint density at radius 1 is 1.50 bits per heavy atom. The van der Waals surface area contributed by atoms with Crippen LogP contribution in [0.2, 0.25) is 0 Å². The molecule has 2 rings (SSSR count). The van der Waals surface area contributed by atoms with Crippen molar-refractivity contribution in [3.05, 3.63) is 30.1 Å². The highest BCUT2D eigenvalue weighted by Crippen LogP contribution is 2.23. The van der Waals surface area contributed by atoms with Gasteiger partial charge >= 0.3 is 6.03 Å². The lowest BCUT2D eigenvalue weighted by Gasteiger charge is -2.27. The van der Waals surface area contributed by atoms with E-state index in [1.165, 1.54) is 12.1 Å². The fourth-order valence-electron chi connectivity index (χ4n) is 2.63. The molecule has 2 amide bonds. The SMILES string of the molecule is C[C@H](COc1ccc(F)cc1)NC(=O)N1CC[C@@H](C)[C@@H]1CO. The average molecular weight is 310 g/mol. The number of aliphatic hydroxyl groups is 1. The highest BCUT2D eigenvalue weighted by atomic mass is 19.1. The normalized spacial score (nSPS) is 22.5. The van der Waals surface area contributed by atoms with Gasteiger partial charge in [-0.1, -0.05) is 6.92 Å². The van der Waals surface area contributed by atoms with Gasteiger partial charge in [-0.3, -0.25) is 0 Å². The standard InChI is InChI=1S/C16H23FN2O3/c1-11-7-8-19(15(11)9-20)16(21)18-12(2)10-22-14-5-3-13(17)4-6-14/h3-6,11-12,15,20H,7-10H2,1-2H3,(H,18,21)/t11-,12-,15+/m1/s1. The minimum atomic E-state index is -0.313. The Morgan fingerprint density at radius 3 is 2.82 bits per heavy atom. The van der Waals surface area contributed by atoms with Crippen LogP contribution in [-0.2, 0) is 0 Å². The number of urea groups is 1. The molecule has 0 saturated carbocycles. The van der Waals surface area contributed by atoms with Crippen molar-refractivity contribution in [3.8, 4) is 5.75 Å². The lowest BCUT2D eigenvalue weighted by Crippen LogP contribution is -2.49. The molecule has 1 fully saturated rings. The number of rotatable bonds is 5.